The van der Waals surface area contributed by atoms with Crippen LogP contribution < -0.4 is 0 Å². The number of hydrogen-bond acceptors (Lipinski definition) is 3. The van der Waals surface area contributed by atoms with Gasteiger partial charge in [0.05, 0.1) is 30.1 Å². The lowest BCUT2D eigenvalue weighted by Gasteiger charge is -2.16. The molecule has 0 N–H and O–H groups in total. The highest BCUT2D eigenvalue weighted by Crippen LogP contribution is 2.50. The first-order chi connectivity index (χ1) is 16.3. The van der Waals surface area contributed by atoms with Crippen LogP contribution in [0.15, 0.2) is 51.1 Å². The molecule has 0 aliphatic heterocycles. The molecule has 0 aliphatic carbocycles. The lowest BCUT2D eigenvalue weighted by atomic mass is 10.3. The van der Waals surface area contributed by atoms with Gasteiger partial charge in [0, 0.05) is 15.1 Å². The van der Waals surface area contributed by atoms with Gasteiger partial charge in [0.1, 0.15) is 10.9 Å². The van der Waals surface area contributed by atoms with Crippen LogP contribution in [0.4, 0.5) is 13.2 Å². The minimum atomic E-state index is -6.09. The second kappa shape index (κ2) is 12.7. The van der Waals surface area contributed by atoms with Gasteiger partial charge < -0.3 is 4.55 Å². The number of halogens is 12. The molecule has 196 valence electrons. The summed E-state index contributed by atoms with van der Waals surface area (Å²) in [5, 5.41) is 3.00. The van der Waals surface area contributed by atoms with E-state index in [1.165, 1.54) is 0 Å². The molecule has 0 bridgehead atoms. The molecule has 0 saturated heterocycles. The van der Waals surface area contributed by atoms with Crippen LogP contribution in [0.1, 0.15) is 0 Å². The van der Waals surface area contributed by atoms with Gasteiger partial charge >= 0.3 is 5.51 Å². The van der Waals surface area contributed by atoms with Crippen molar-refractivity contribution in [2.24, 2.45) is 0 Å². The zero-order valence-corrected chi connectivity index (χ0v) is 25.0. The Labute approximate surface area is 251 Å². The molecule has 0 saturated carbocycles. The van der Waals surface area contributed by atoms with Crippen molar-refractivity contribution >= 4 is 125 Å². The molecule has 0 fully saturated rings. The molecule has 0 aliphatic rings. The normalized spacial score (nSPS) is 11.9. The Kier molecular flexibility index (Phi) is 11.4. The van der Waals surface area contributed by atoms with Crippen molar-refractivity contribution in [1.29, 1.82) is 0 Å². The third-order valence-corrected chi connectivity index (χ3v) is 10.0. The Morgan fingerprint density at radius 3 is 0.861 bits per heavy atom. The van der Waals surface area contributed by atoms with Crippen LogP contribution in [0.25, 0.3) is 0 Å². The topological polar surface area (TPSA) is 57.2 Å². The van der Waals surface area contributed by atoms with Gasteiger partial charge in [0.15, 0.2) is 10.1 Å². The lowest BCUT2D eigenvalue weighted by molar-refractivity contribution is -0.0517. The van der Waals surface area contributed by atoms with E-state index in [2.05, 4.69) is 0 Å². The van der Waals surface area contributed by atoms with Crippen LogP contribution in [-0.2, 0) is 21.0 Å². The minimum absolute atomic E-state index is 0.310. The average molecular weight is 722 g/mol. The van der Waals surface area contributed by atoms with Crippen molar-refractivity contribution in [2.45, 2.75) is 20.2 Å². The molecule has 17 heteroatoms. The van der Waals surface area contributed by atoms with E-state index in [0.29, 0.717) is 59.9 Å². The van der Waals surface area contributed by atoms with E-state index in [4.69, 9.17) is 117 Å². The maximum atomic E-state index is 10.7. The Bertz CT molecular complexity index is 1210. The van der Waals surface area contributed by atoms with Crippen LogP contribution >= 0.6 is 104 Å². The number of alkyl halides is 3. The summed E-state index contributed by atoms with van der Waals surface area (Å²) < 4.78 is 58.9. The van der Waals surface area contributed by atoms with Crippen LogP contribution in [0.2, 0.25) is 45.2 Å². The van der Waals surface area contributed by atoms with Gasteiger partial charge in [-0.1, -0.05) is 104 Å². The van der Waals surface area contributed by atoms with E-state index in [1.54, 1.807) is 36.4 Å². The third kappa shape index (κ3) is 7.93. The highest BCUT2D eigenvalue weighted by molar-refractivity contribution is 7.97. The molecular formula is C19H6Cl9F3O3S2. The quantitative estimate of drug-likeness (QED) is 0.154. The Morgan fingerprint density at radius 1 is 0.556 bits per heavy atom. The monoisotopic (exact) mass is 718 g/mol. The fourth-order valence-corrected chi connectivity index (χ4v) is 8.45. The number of rotatable bonds is 3. The number of benzene rings is 3. The Hall–Kier alpha value is 0.320. The van der Waals surface area contributed by atoms with Crippen molar-refractivity contribution in [1.82, 2.24) is 0 Å². The van der Waals surface area contributed by atoms with E-state index >= 15 is 0 Å². The van der Waals surface area contributed by atoms with Crippen LogP contribution in [0.5, 0.6) is 0 Å². The van der Waals surface area contributed by atoms with E-state index in [9.17, 15) is 13.2 Å². The maximum Gasteiger partial charge on any atom is 0.485 e. The van der Waals surface area contributed by atoms with Gasteiger partial charge in [-0.05, 0) is 36.4 Å². The zero-order chi connectivity index (χ0) is 27.7. The minimum Gasteiger partial charge on any atom is -0.741 e. The van der Waals surface area contributed by atoms with Crippen LogP contribution in [-0.4, -0.2) is 18.5 Å². The van der Waals surface area contributed by atoms with Crippen molar-refractivity contribution in [3.05, 3.63) is 81.6 Å². The zero-order valence-electron chi connectivity index (χ0n) is 16.5. The van der Waals surface area contributed by atoms with Crippen LogP contribution in [0, 0.1) is 0 Å². The van der Waals surface area contributed by atoms with Crippen molar-refractivity contribution in [2.75, 3.05) is 0 Å². The van der Waals surface area contributed by atoms with Crippen molar-refractivity contribution in [3.63, 3.8) is 0 Å². The number of hydrogen-bond donors (Lipinski definition) is 0. The molecule has 0 unspecified atom stereocenters. The fourth-order valence-electron chi connectivity index (χ4n) is 2.48. The van der Waals surface area contributed by atoms with E-state index in [0.717, 1.165) is 0 Å². The molecule has 0 spiro atoms. The van der Waals surface area contributed by atoms with E-state index in [1.807, 2.05) is 0 Å². The summed E-state index contributed by atoms with van der Waals surface area (Å²) in [4.78, 5) is 1.56. The largest absolute Gasteiger partial charge is 0.741 e. The standard InChI is InChI=1S/C18H6Cl9S.CHF3O3S/c19-7-1-10(22)16(11(23)2-7)28(17-12(24)3-8(20)4-13(17)25)18-14(26)5-9(21)6-15(18)27;2-1(3,4)8(5,6)7/h1-6H;(H,5,6,7)/q+1;/p-1. The summed E-state index contributed by atoms with van der Waals surface area (Å²) >= 11 is 57.3. The molecule has 0 atom stereocenters. The summed E-state index contributed by atoms with van der Waals surface area (Å²) in [6.07, 6.45) is 0. The first-order valence-corrected chi connectivity index (χ1v) is 14.6. The molecule has 3 rings (SSSR count). The van der Waals surface area contributed by atoms with Gasteiger partial charge in [-0.15, -0.1) is 0 Å². The summed E-state index contributed by atoms with van der Waals surface area (Å²) in [7, 11) is -7.17. The molecule has 0 amide bonds. The fraction of sp³-hybridized carbons (Fsp3) is 0.0526. The predicted molar refractivity (Wildman–Crippen MR) is 142 cm³/mol. The van der Waals surface area contributed by atoms with Gasteiger partial charge in [-0.3, -0.25) is 0 Å². The summed E-state index contributed by atoms with van der Waals surface area (Å²) in [5.74, 6) is 0. The Balaban J connectivity index is 0.000000493. The summed E-state index contributed by atoms with van der Waals surface area (Å²) in [6, 6.07) is 9.42. The highest BCUT2D eigenvalue weighted by Gasteiger charge is 2.41. The van der Waals surface area contributed by atoms with Crippen molar-refractivity contribution in [3.8, 4) is 0 Å². The molecule has 36 heavy (non-hydrogen) atoms. The summed E-state index contributed by atoms with van der Waals surface area (Å²) in [6.45, 7) is 0. The first-order valence-electron chi connectivity index (χ1n) is 8.55. The van der Waals surface area contributed by atoms with Gasteiger partial charge in [-0.25, -0.2) is 8.42 Å². The molecule has 3 aromatic carbocycles. The SMILES string of the molecule is Clc1cc(Cl)c([S+](c2c(Cl)cc(Cl)cc2Cl)c2c(Cl)cc(Cl)cc2Cl)c(Cl)c1.O=S(=O)([O-])C(F)(F)F. The molecule has 0 radical (unpaired) electrons. The second-order valence-corrected chi connectivity index (χ2v) is 13.3. The summed E-state index contributed by atoms with van der Waals surface area (Å²) in [5.41, 5.74) is -5.65. The maximum absolute atomic E-state index is 10.7. The predicted octanol–water partition coefficient (Wildman–Crippen LogP) is 10.7. The van der Waals surface area contributed by atoms with E-state index < -0.39 is 26.5 Å². The van der Waals surface area contributed by atoms with Gasteiger partial charge in [0.25, 0.3) is 0 Å². The van der Waals surface area contributed by atoms with Gasteiger partial charge in [-0.2, -0.15) is 13.2 Å². The average Bonchev–Trinajstić information content (AvgIpc) is 2.64. The molecule has 0 aromatic heterocycles. The van der Waals surface area contributed by atoms with Gasteiger partial charge in [0.2, 0.25) is 14.7 Å². The van der Waals surface area contributed by atoms with Crippen LogP contribution in [0.3, 0.4) is 0 Å². The Morgan fingerprint density at radius 2 is 0.722 bits per heavy atom. The molecule has 3 nitrogen and oxygen atoms in total. The van der Waals surface area contributed by atoms with Crippen molar-refractivity contribution < 1.29 is 26.1 Å². The first kappa shape index (κ1) is 32.5. The van der Waals surface area contributed by atoms with E-state index in [-0.39, 0.29) is 0 Å². The second-order valence-electron chi connectivity index (χ2n) is 6.30. The third-order valence-electron chi connectivity index (χ3n) is 3.79. The smallest absolute Gasteiger partial charge is 0.485 e. The highest BCUT2D eigenvalue weighted by atomic mass is 35.5. The molecule has 3 aromatic rings. The lowest BCUT2D eigenvalue weighted by Crippen LogP contribution is -2.21. The molecule has 0 heterocycles. The molecular weight excluding hydrogens is 716 g/mol.